The quantitative estimate of drug-likeness (QED) is 0.849. The van der Waals surface area contributed by atoms with Crippen molar-refractivity contribution in [1.82, 2.24) is 14.5 Å². The van der Waals surface area contributed by atoms with Crippen LogP contribution >= 0.6 is 0 Å². The van der Waals surface area contributed by atoms with Crippen LogP contribution in [0.1, 0.15) is 42.8 Å². The average molecular weight is 283 g/mol. The van der Waals surface area contributed by atoms with E-state index in [1.807, 2.05) is 17.2 Å². The maximum atomic E-state index is 11.9. The lowest BCUT2D eigenvalue weighted by Gasteiger charge is -2.26. The smallest absolute Gasteiger partial charge is 0.219 e. The molecule has 1 atom stereocenters. The van der Waals surface area contributed by atoms with Gasteiger partial charge in [-0.15, -0.1) is 0 Å². The van der Waals surface area contributed by atoms with E-state index < -0.39 is 0 Å². The molecule has 1 aliphatic rings. The van der Waals surface area contributed by atoms with Crippen LogP contribution in [0.4, 0.5) is 0 Å². The van der Waals surface area contributed by atoms with Crippen LogP contribution in [0.2, 0.25) is 0 Å². The molecule has 3 rings (SSSR count). The van der Waals surface area contributed by atoms with Crippen molar-refractivity contribution < 1.29 is 4.79 Å². The standard InChI is InChI=1S/C17H21N3O/c1-12-8-9-13(2)20(12)17-15(6-4-10-18-17)16-7-5-11-19(16)14(3)21/h4,6,8-10,16H,5,7,11H2,1-3H3/t16-/m0/s1. The Morgan fingerprint density at radius 3 is 2.62 bits per heavy atom. The van der Waals surface area contributed by atoms with Crippen LogP contribution in [-0.2, 0) is 4.79 Å². The lowest BCUT2D eigenvalue weighted by molar-refractivity contribution is -0.129. The van der Waals surface area contributed by atoms with Crippen LogP contribution in [0.15, 0.2) is 30.5 Å². The summed E-state index contributed by atoms with van der Waals surface area (Å²) in [7, 11) is 0. The van der Waals surface area contributed by atoms with E-state index in [1.165, 1.54) is 11.4 Å². The minimum Gasteiger partial charge on any atom is -0.336 e. The summed E-state index contributed by atoms with van der Waals surface area (Å²) in [5.74, 6) is 1.10. The molecule has 4 nitrogen and oxygen atoms in total. The predicted molar refractivity (Wildman–Crippen MR) is 82.4 cm³/mol. The lowest BCUT2D eigenvalue weighted by atomic mass is 10.0. The zero-order chi connectivity index (χ0) is 15.0. The molecule has 1 aliphatic heterocycles. The Morgan fingerprint density at radius 2 is 1.95 bits per heavy atom. The van der Waals surface area contributed by atoms with Gasteiger partial charge in [-0.25, -0.2) is 4.98 Å². The highest BCUT2D eigenvalue weighted by Gasteiger charge is 2.30. The number of pyridine rings is 1. The largest absolute Gasteiger partial charge is 0.336 e. The van der Waals surface area contributed by atoms with Crippen molar-refractivity contribution in [2.75, 3.05) is 6.54 Å². The van der Waals surface area contributed by atoms with Crippen molar-refractivity contribution in [3.8, 4) is 5.82 Å². The summed E-state index contributed by atoms with van der Waals surface area (Å²) in [6.45, 7) is 6.67. The molecular weight excluding hydrogens is 262 g/mol. The molecule has 0 saturated carbocycles. The van der Waals surface area contributed by atoms with Gasteiger partial charge >= 0.3 is 0 Å². The van der Waals surface area contributed by atoms with E-state index >= 15 is 0 Å². The maximum absolute atomic E-state index is 11.9. The first-order valence-electron chi connectivity index (χ1n) is 7.47. The van der Waals surface area contributed by atoms with E-state index in [-0.39, 0.29) is 11.9 Å². The number of hydrogen-bond acceptors (Lipinski definition) is 2. The highest BCUT2D eigenvalue weighted by atomic mass is 16.2. The van der Waals surface area contributed by atoms with Crippen molar-refractivity contribution in [3.63, 3.8) is 0 Å². The Morgan fingerprint density at radius 1 is 1.24 bits per heavy atom. The summed E-state index contributed by atoms with van der Waals surface area (Å²) in [6.07, 6.45) is 3.89. The Balaban J connectivity index is 2.11. The minimum atomic E-state index is 0.146. The van der Waals surface area contributed by atoms with Crippen molar-refractivity contribution in [3.05, 3.63) is 47.4 Å². The second-order valence-corrected chi connectivity index (χ2v) is 5.74. The predicted octanol–water partition coefficient (Wildman–Crippen LogP) is 3.17. The first-order chi connectivity index (χ1) is 10.1. The van der Waals surface area contributed by atoms with Gasteiger partial charge < -0.3 is 9.47 Å². The molecule has 2 aromatic rings. The zero-order valence-corrected chi connectivity index (χ0v) is 12.8. The molecular formula is C17H21N3O. The lowest BCUT2D eigenvalue weighted by Crippen LogP contribution is -2.29. The van der Waals surface area contributed by atoms with Gasteiger partial charge in [0.15, 0.2) is 0 Å². The number of hydrogen-bond donors (Lipinski definition) is 0. The molecule has 0 aromatic carbocycles. The summed E-state index contributed by atoms with van der Waals surface area (Å²) in [6, 6.07) is 8.42. The zero-order valence-electron chi connectivity index (χ0n) is 12.8. The molecule has 110 valence electrons. The van der Waals surface area contributed by atoms with Gasteiger partial charge in [-0.05, 0) is 44.9 Å². The molecule has 0 bridgehead atoms. The van der Waals surface area contributed by atoms with Crippen molar-refractivity contribution >= 4 is 5.91 Å². The summed E-state index contributed by atoms with van der Waals surface area (Å²) in [5.41, 5.74) is 3.48. The third kappa shape index (κ3) is 2.35. The molecule has 1 amide bonds. The highest BCUT2D eigenvalue weighted by molar-refractivity contribution is 5.74. The van der Waals surface area contributed by atoms with Gasteiger partial charge in [0.1, 0.15) is 5.82 Å². The second-order valence-electron chi connectivity index (χ2n) is 5.74. The highest BCUT2D eigenvalue weighted by Crippen LogP contribution is 2.35. The summed E-state index contributed by atoms with van der Waals surface area (Å²) >= 11 is 0. The van der Waals surface area contributed by atoms with Crippen LogP contribution in [0.25, 0.3) is 5.82 Å². The number of carbonyl (C=O) groups is 1. The molecule has 0 N–H and O–H groups in total. The van der Waals surface area contributed by atoms with Crippen LogP contribution in [0.5, 0.6) is 0 Å². The summed E-state index contributed by atoms with van der Waals surface area (Å²) < 4.78 is 2.17. The van der Waals surface area contributed by atoms with Crippen LogP contribution < -0.4 is 0 Å². The Hall–Kier alpha value is -2.10. The SMILES string of the molecule is CC(=O)N1CCC[C@H]1c1cccnc1-n1c(C)ccc1C. The van der Waals surface area contributed by atoms with E-state index in [0.29, 0.717) is 0 Å². The molecule has 4 heteroatoms. The number of likely N-dealkylation sites (tertiary alicyclic amines) is 1. The topological polar surface area (TPSA) is 38.1 Å². The number of carbonyl (C=O) groups excluding carboxylic acids is 1. The molecule has 3 heterocycles. The molecule has 0 aliphatic carbocycles. The normalized spacial score (nSPS) is 18.2. The Labute approximate surface area is 125 Å². The molecule has 21 heavy (non-hydrogen) atoms. The van der Waals surface area contributed by atoms with Gasteiger partial charge in [0, 0.05) is 36.6 Å². The minimum absolute atomic E-state index is 0.146. The maximum Gasteiger partial charge on any atom is 0.219 e. The van der Waals surface area contributed by atoms with E-state index in [0.717, 1.165) is 30.8 Å². The first kappa shape index (κ1) is 13.9. The van der Waals surface area contributed by atoms with E-state index in [2.05, 4.69) is 41.6 Å². The fourth-order valence-electron chi connectivity index (χ4n) is 3.33. The van der Waals surface area contributed by atoms with Gasteiger partial charge in [-0.3, -0.25) is 4.79 Å². The molecule has 1 saturated heterocycles. The summed E-state index contributed by atoms with van der Waals surface area (Å²) in [4.78, 5) is 18.4. The average Bonchev–Trinajstić information content (AvgIpc) is 3.06. The van der Waals surface area contributed by atoms with Crippen LogP contribution in [0.3, 0.4) is 0 Å². The molecule has 2 aromatic heterocycles. The number of aromatic nitrogens is 2. The Kier molecular flexibility index (Phi) is 3.53. The molecule has 0 unspecified atom stereocenters. The first-order valence-corrected chi connectivity index (χ1v) is 7.47. The van der Waals surface area contributed by atoms with E-state index in [1.54, 1.807) is 6.92 Å². The van der Waals surface area contributed by atoms with Gasteiger partial charge in [-0.1, -0.05) is 6.07 Å². The third-order valence-electron chi connectivity index (χ3n) is 4.32. The number of rotatable bonds is 2. The number of amides is 1. The third-order valence-corrected chi connectivity index (χ3v) is 4.32. The number of aryl methyl sites for hydroxylation is 2. The summed E-state index contributed by atoms with van der Waals surface area (Å²) in [5, 5.41) is 0. The fraction of sp³-hybridized carbons (Fsp3) is 0.412. The van der Waals surface area contributed by atoms with Gasteiger partial charge in [-0.2, -0.15) is 0 Å². The van der Waals surface area contributed by atoms with Gasteiger partial charge in [0.2, 0.25) is 5.91 Å². The van der Waals surface area contributed by atoms with E-state index in [9.17, 15) is 4.79 Å². The Bertz CT molecular complexity index is 655. The number of nitrogens with zero attached hydrogens (tertiary/aromatic N) is 3. The van der Waals surface area contributed by atoms with Crippen LogP contribution in [0, 0.1) is 13.8 Å². The second kappa shape index (κ2) is 5.35. The van der Waals surface area contributed by atoms with Crippen molar-refractivity contribution in [2.45, 2.75) is 39.7 Å². The van der Waals surface area contributed by atoms with Gasteiger partial charge in [0.25, 0.3) is 0 Å². The van der Waals surface area contributed by atoms with E-state index in [4.69, 9.17) is 0 Å². The van der Waals surface area contributed by atoms with Crippen LogP contribution in [-0.4, -0.2) is 26.9 Å². The molecule has 0 radical (unpaired) electrons. The molecule has 0 spiro atoms. The molecule has 1 fully saturated rings. The van der Waals surface area contributed by atoms with Crippen molar-refractivity contribution in [2.24, 2.45) is 0 Å². The van der Waals surface area contributed by atoms with Gasteiger partial charge in [0.05, 0.1) is 6.04 Å². The monoisotopic (exact) mass is 283 g/mol. The fourth-order valence-corrected chi connectivity index (χ4v) is 3.33. The van der Waals surface area contributed by atoms with Crippen molar-refractivity contribution in [1.29, 1.82) is 0 Å².